The number of nitrogens with one attached hydrogen (secondary N) is 2. The minimum atomic E-state index is -0.0864. The summed E-state index contributed by atoms with van der Waals surface area (Å²) in [4.78, 5) is 11.7. The Morgan fingerprint density at radius 1 is 1.52 bits per heavy atom. The first-order chi connectivity index (χ1) is 10.2. The Balaban J connectivity index is 1.38. The maximum absolute atomic E-state index is 11.7. The lowest BCUT2D eigenvalue weighted by atomic mass is 10.4. The predicted octanol–water partition coefficient (Wildman–Crippen LogP) is 2.53. The molecule has 0 spiro atoms. The van der Waals surface area contributed by atoms with Crippen LogP contribution in [0.2, 0.25) is 0 Å². The molecule has 9 heteroatoms. The summed E-state index contributed by atoms with van der Waals surface area (Å²) in [6, 6.07) is 2.26. The van der Waals surface area contributed by atoms with Crippen molar-refractivity contribution in [2.24, 2.45) is 0 Å². The number of hydrogen-bond donors (Lipinski definition) is 2. The summed E-state index contributed by atoms with van der Waals surface area (Å²) in [7, 11) is 0. The third-order valence-corrected chi connectivity index (χ3v) is 4.75. The highest BCUT2D eigenvalue weighted by atomic mass is 32.2. The van der Waals surface area contributed by atoms with Gasteiger partial charge in [-0.2, -0.15) is 0 Å². The van der Waals surface area contributed by atoms with Crippen LogP contribution >= 0.6 is 23.1 Å². The third kappa shape index (κ3) is 4.43. The first-order valence-electron chi connectivity index (χ1n) is 6.65. The van der Waals surface area contributed by atoms with Gasteiger partial charge < -0.3 is 15.2 Å². The number of carbonyl (C=O) groups excluding carboxylic acids is 1. The molecule has 1 saturated carbocycles. The lowest BCUT2D eigenvalue weighted by Crippen LogP contribution is -2.12. The van der Waals surface area contributed by atoms with Crippen LogP contribution in [-0.2, 0) is 4.79 Å². The van der Waals surface area contributed by atoms with Crippen molar-refractivity contribution >= 4 is 40.0 Å². The summed E-state index contributed by atoms with van der Waals surface area (Å²) in [5.41, 5.74) is 0. The highest BCUT2D eigenvalue weighted by molar-refractivity contribution is 8.01. The van der Waals surface area contributed by atoms with Crippen molar-refractivity contribution < 1.29 is 9.32 Å². The minimum absolute atomic E-state index is 0.0864. The maximum atomic E-state index is 11.7. The monoisotopic (exact) mass is 325 g/mol. The summed E-state index contributed by atoms with van der Waals surface area (Å²) < 4.78 is 5.76. The number of aryl methyl sites for hydroxylation is 1. The van der Waals surface area contributed by atoms with Crippen LogP contribution in [0.4, 0.5) is 10.9 Å². The highest BCUT2D eigenvalue weighted by Crippen LogP contribution is 2.30. The number of anilines is 2. The van der Waals surface area contributed by atoms with Crippen molar-refractivity contribution in [3.05, 3.63) is 11.8 Å². The summed E-state index contributed by atoms with van der Waals surface area (Å²) in [6.07, 6.45) is 2.81. The summed E-state index contributed by atoms with van der Waals surface area (Å²) in [6.45, 7) is 1.78. The van der Waals surface area contributed by atoms with Gasteiger partial charge in [0.2, 0.25) is 11.0 Å². The van der Waals surface area contributed by atoms with Crippen LogP contribution in [-0.4, -0.2) is 33.1 Å². The molecule has 7 nitrogen and oxygen atoms in total. The highest BCUT2D eigenvalue weighted by Gasteiger charge is 2.22. The lowest BCUT2D eigenvalue weighted by Gasteiger charge is -1.99. The average Bonchev–Trinajstić information content (AvgIpc) is 2.99. The van der Waals surface area contributed by atoms with E-state index in [-0.39, 0.29) is 5.91 Å². The molecule has 2 heterocycles. The normalized spacial score (nSPS) is 14.1. The molecule has 0 atom stereocenters. The number of nitrogens with zero attached hydrogens (tertiary/aromatic N) is 3. The molecular weight excluding hydrogens is 310 g/mol. The van der Waals surface area contributed by atoms with Crippen LogP contribution in [0.1, 0.15) is 25.0 Å². The Labute approximate surface area is 129 Å². The molecule has 3 rings (SSSR count). The van der Waals surface area contributed by atoms with E-state index in [1.165, 1.54) is 35.9 Å². The molecule has 0 bridgehead atoms. The fraction of sp³-hybridized carbons (Fsp3) is 0.500. The summed E-state index contributed by atoms with van der Waals surface area (Å²) in [5, 5.41) is 18.7. The van der Waals surface area contributed by atoms with E-state index in [4.69, 9.17) is 4.52 Å². The van der Waals surface area contributed by atoms with E-state index in [9.17, 15) is 4.79 Å². The van der Waals surface area contributed by atoms with E-state index in [2.05, 4.69) is 26.0 Å². The van der Waals surface area contributed by atoms with Gasteiger partial charge in [0, 0.05) is 24.3 Å². The first-order valence-corrected chi connectivity index (χ1v) is 8.45. The van der Waals surface area contributed by atoms with Crippen molar-refractivity contribution in [2.45, 2.75) is 36.6 Å². The van der Waals surface area contributed by atoms with Crippen LogP contribution < -0.4 is 10.6 Å². The lowest BCUT2D eigenvalue weighted by molar-refractivity contribution is -0.115. The molecular formula is C12H15N5O2S2. The molecule has 1 fully saturated rings. The molecule has 2 aromatic rings. The molecule has 0 aromatic carbocycles. The summed E-state index contributed by atoms with van der Waals surface area (Å²) in [5.74, 6) is 1.69. The molecule has 2 N–H and O–H groups in total. The summed E-state index contributed by atoms with van der Waals surface area (Å²) >= 11 is 3.06. The van der Waals surface area contributed by atoms with Gasteiger partial charge in [0.25, 0.3) is 0 Å². The van der Waals surface area contributed by atoms with Gasteiger partial charge in [0.1, 0.15) is 5.76 Å². The molecule has 1 aliphatic carbocycles. The molecule has 0 radical (unpaired) electrons. The molecule has 112 valence electrons. The third-order valence-electron chi connectivity index (χ3n) is 2.76. The number of carbonyl (C=O) groups is 1. The molecule has 0 aliphatic heterocycles. The van der Waals surface area contributed by atoms with Crippen molar-refractivity contribution in [3.63, 3.8) is 0 Å². The number of hydrogen-bond acceptors (Lipinski definition) is 8. The van der Waals surface area contributed by atoms with Gasteiger partial charge in [-0.1, -0.05) is 28.3 Å². The minimum Gasteiger partial charge on any atom is -0.360 e. The predicted molar refractivity (Wildman–Crippen MR) is 81.8 cm³/mol. The second kappa shape index (κ2) is 6.44. The second-order valence-electron chi connectivity index (χ2n) is 4.76. The standard InChI is InChI=1S/C12H15N5O2S2/c1-7-6-9(17-19-7)14-10(18)4-5-20-12-16-15-11(21-12)13-8-2-3-8/h6,8H,2-5H2,1H3,(H,13,15)(H,14,17,18). The molecule has 0 unspecified atom stereocenters. The average molecular weight is 325 g/mol. The Hall–Kier alpha value is -1.61. The van der Waals surface area contributed by atoms with Gasteiger partial charge in [0.15, 0.2) is 10.2 Å². The van der Waals surface area contributed by atoms with E-state index in [1.54, 1.807) is 13.0 Å². The Morgan fingerprint density at radius 2 is 2.38 bits per heavy atom. The Kier molecular flexibility index (Phi) is 4.39. The van der Waals surface area contributed by atoms with Crippen LogP contribution in [0.15, 0.2) is 14.9 Å². The molecule has 0 saturated heterocycles. The van der Waals surface area contributed by atoms with Crippen LogP contribution in [0.25, 0.3) is 0 Å². The molecule has 2 aromatic heterocycles. The van der Waals surface area contributed by atoms with Gasteiger partial charge >= 0.3 is 0 Å². The molecule has 1 aliphatic rings. The van der Waals surface area contributed by atoms with Crippen molar-refractivity contribution in [2.75, 3.05) is 16.4 Å². The van der Waals surface area contributed by atoms with E-state index in [1.807, 2.05) is 0 Å². The molecule has 21 heavy (non-hydrogen) atoms. The zero-order valence-corrected chi connectivity index (χ0v) is 13.1. The van der Waals surface area contributed by atoms with Crippen molar-refractivity contribution in [1.82, 2.24) is 15.4 Å². The number of aromatic nitrogens is 3. The Morgan fingerprint density at radius 3 is 3.10 bits per heavy atom. The van der Waals surface area contributed by atoms with Gasteiger partial charge in [-0.05, 0) is 19.8 Å². The topological polar surface area (TPSA) is 92.9 Å². The van der Waals surface area contributed by atoms with E-state index < -0.39 is 0 Å². The number of rotatable bonds is 7. The van der Waals surface area contributed by atoms with Crippen LogP contribution in [0.3, 0.4) is 0 Å². The fourth-order valence-electron chi connectivity index (χ4n) is 1.59. The fourth-order valence-corrected chi connectivity index (χ4v) is 3.43. The van der Waals surface area contributed by atoms with Crippen LogP contribution in [0.5, 0.6) is 0 Å². The van der Waals surface area contributed by atoms with Crippen molar-refractivity contribution in [1.29, 1.82) is 0 Å². The zero-order valence-electron chi connectivity index (χ0n) is 11.5. The SMILES string of the molecule is Cc1cc(NC(=O)CCSc2nnc(NC3CC3)s2)no1. The van der Waals surface area contributed by atoms with E-state index in [0.717, 1.165) is 9.47 Å². The van der Waals surface area contributed by atoms with E-state index in [0.29, 0.717) is 29.8 Å². The number of thioether (sulfide) groups is 1. The quantitative estimate of drug-likeness (QED) is 0.756. The largest absolute Gasteiger partial charge is 0.360 e. The van der Waals surface area contributed by atoms with Gasteiger partial charge in [-0.25, -0.2) is 0 Å². The second-order valence-corrected chi connectivity index (χ2v) is 7.08. The number of amides is 1. The van der Waals surface area contributed by atoms with Gasteiger partial charge in [0.05, 0.1) is 0 Å². The smallest absolute Gasteiger partial charge is 0.226 e. The Bertz CT molecular complexity index is 623. The van der Waals surface area contributed by atoms with Crippen LogP contribution in [0, 0.1) is 6.92 Å². The zero-order chi connectivity index (χ0) is 14.7. The first kappa shape index (κ1) is 14.3. The van der Waals surface area contributed by atoms with Gasteiger partial charge in [-0.15, -0.1) is 10.2 Å². The van der Waals surface area contributed by atoms with Gasteiger partial charge in [-0.3, -0.25) is 4.79 Å². The van der Waals surface area contributed by atoms with Crippen molar-refractivity contribution in [3.8, 4) is 0 Å². The van der Waals surface area contributed by atoms with E-state index >= 15 is 0 Å². The molecule has 1 amide bonds. The maximum Gasteiger partial charge on any atom is 0.226 e.